The van der Waals surface area contributed by atoms with E-state index < -0.39 is 5.41 Å². The van der Waals surface area contributed by atoms with Crippen molar-refractivity contribution in [2.75, 3.05) is 13.7 Å². The van der Waals surface area contributed by atoms with Gasteiger partial charge in [-0.15, -0.1) is 0 Å². The lowest BCUT2D eigenvalue weighted by atomic mass is 9.84. The predicted octanol–water partition coefficient (Wildman–Crippen LogP) is 4.80. The molecular formula is C26H29NO2. The third kappa shape index (κ3) is 4.78. The zero-order chi connectivity index (χ0) is 20.9. The molecule has 1 unspecified atom stereocenters. The van der Waals surface area contributed by atoms with Gasteiger partial charge in [0, 0.05) is 11.6 Å². The molecule has 0 radical (unpaired) electrons. The van der Waals surface area contributed by atoms with E-state index in [9.17, 15) is 4.79 Å². The normalized spacial score (nSPS) is 13.8. The molecule has 29 heavy (non-hydrogen) atoms. The Labute approximate surface area is 174 Å². The van der Waals surface area contributed by atoms with E-state index in [0.717, 1.165) is 24.0 Å². The lowest BCUT2D eigenvalue weighted by Gasteiger charge is -2.21. The summed E-state index contributed by atoms with van der Waals surface area (Å²) in [7, 11) is 1.42. The van der Waals surface area contributed by atoms with Crippen molar-refractivity contribution in [3.05, 3.63) is 76.4 Å². The molecule has 0 bridgehead atoms. The number of hydrogen-bond acceptors (Lipinski definition) is 3. The average Bonchev–Trinajstić information content (AvgIpc) is 2.75. The van der Waals surface area contributed by atoms with Gasteiger partial charge in [0.2, 0.25) is 0 Å². The van der Waals surface area contributed by atoms with Crippen LogP contribution in [0.2, 0.25) is 0 Å². The number of rotatable bonds is 5. The van der Waals surface area contributed by atoms with Crippen LogP contribution in [0.15, 0.2) is 48.5 Å². The largest absolute Gasteiger partial charge is 0.468 e. The van der Waals surface area contributed by atoms with Crippen molar-refractivity contribution in [3.8, 4) is 11.8 Å². The minimum Gasteiger partial charge on any atom is -0.468 e. The second-order valence-corrected chi connectivity index (χ2v) is 7.96. The first-order valence-corrected chi connectivity index (χ1v) is 10.1. The van der Waals surface area contributed by atoms with Crippen LogP contribution >= 0.6 is 0 Å². The molecule has 0 amide bonds. The van der Waals surface area contributed by atoms with Gasteiger partial charge in [-0.1, -0.05) is 54.3 Å². The maximum atomic E-state index is 11.9. The van der Waals surface area contributed by atoms with Gasteiger partial charge in [0.05, 0.1) is 19.1 Å². The Kier molecular flexibility index (Phi) is 6.56. The Balaban J connectivity index is 1.61. The lowest BCUT2D eigenvalue weighted by Crippen LogP contribution is -2.30. The van der Waals surface area contributed by atoms with Crippen LogP contribution in [0.25, 0.3) is 6.08 Å². The number of nitrogens with one attached hydrogen (secondary N) is 1. The topological polar surface area (TPSA) is 38.3 Å². The molecule has 3 rings (SSSR count). The standard InChI is InChI=1S/C26H29NO2/c1-19(23-13-7-11-21-10-5-6-12-24(21)23)27-18-8-9-20-14-16-22(17-15-20)26(2,3)25(28)29-4/h6-7,11-17,19,27H,5,10,18H2,1-4H3. The summed E-state index contributed by atoms with van der Waals surface area (Å²) in [5.41, 5.74) is 5.30. The van der Waals surface area contributed by atoms with E-state index in [-0.39, 0.29) is 12.0 Å². The monoisotopic (exact) mass is 387 g/mol. The Morgan fingerprint density at radius 1 is 1.21 bits per heavy atom. The minimum atomic E-state index is -0.666. The van der Waals surface area contributed by atoms with Crippen LogP contribution in [0.5, 0.6) is 0 Å². The van der Waals surface area contributed by atoms with Crippen molar-refractivity contribution < 1.29 is 9.53 Å². The number of benzene rings is 2. The van der Waals surface area contributed by atoms with Crippen molar-refractivity contribution in [1.29, 1.82) is 0 Å². The van der Waals surface area contributed by atoms with E-state index in [1.54, 1.807) is 0 Å². The summed E-state index contributed by atoms with van der Waals surface area (Å²) >= 11 is 0. The third-order valence-electron chi connectivity index (χ3n) is 5.59. The lowest BCUT2D eigenvalue weighted by molar-refractivity contribution is -0.146. The van der Waals surface area contributed by atoms with Crippen molar-refractivity contribution in [3.63, 3.8) is 0 Å². The highest BCUT2D eigenvalue weighted by atomic mass is 16.5. The number of esters is 1. The highest BCUT2D eigenvalue weighted by Crippen LogP contribution is 2.27. The quantitative estimate of drug-likeness (QED) is 0.592. The minimum absolute atomic E-state index is 0.241. The van der Waals surface area contributed by atoms with Gasteiger partial charge in [-0.3, -0.25) is 10.1 Å². The van der Waals surface area contributed by atoms with Crippen molar-refractivity contribution in [2.24, 2.45) is 0 Å². The van der Waals surface area contributed by atoms with E-state index in [2.05, 4.69) is 54.4 Å². The van der Waals surface area contributed by atoms with Crippen molar-refractivity contribution in [1.82, 2.24) is 5.32 Å². The molecule has 0 saturated heterocycles. The first-order valence-electron chi connectivity index (χ1n) is 10.1. The summed E-state index contributed by atoms with van der Waals surface area (Å²) in [4.78, 5) is 11.9. The van der Waals surface area contributed by atoms with Crippen molar-refractivity contribution >= 4 is 12.0 Å². The van der Waals surface area contributed by atoms with Crippen LogP contribution in [-0.2, 0) is 21.4 Å². The number of fused-ring (bicyclic) bond motifs is 1. The van der Waals surface area contributed by atoms with E-state index in [1.165, 1.54) is 23.8 Å². The fourth-order valence-corrected chi connectivity index (χ4v) is 3.68. The van der Waals surface area contributed by atoms with Crippen LogP contribution < -0.4 is 5.32 Å². The van der Waals surface area contributed by atoms with Crippen molar-refractivity contribution in [2.45, 2.75) is 45.1 Å². The van der Waals surface area contributed by atoms with E-state index in [4.69, 9.17) is 4.74 Å². The Morgan fingerprint density at radius 2 is 1.97 bits per heavy atom. The number of ether oxygens (including phenoxy) is 1. The molecule has 0 fully saturated rings. The molecule has 150 valence electrons. The molecule has 3 heteroatoms. The van der Waals surface area contributed by atoms with Gasteiger partial charge >= 0.3 is 5.97 Å². The summed E-state index contributed by atoms with van der Waals surface area (Å²) in [6.07, 6.45) is 6.74. The zero-order valence-corrected chi connectivity index (χ0v) is 17.7. The SMILES string of the molecule is COC(=O)C(C)(C)c1ccc(C#CCNC(C)c2cccc3c2C=CCC3)cc1. The molecule has 3 nitrogen and oxygen atoms in total. The zero-order valence-electron chi connectivity index (χ0n) is 17.7. The maximum absolute atomic E-state index is 11.9. The molecule has 0 spiro atoms. The predicted molar refractivity (Wildman–Crippen MR) is 119 cm³/mol. The van der Waals surface area contributed by atoms with E-state index in [0.29, 0.717) is 6.54 Å². The summed E-state index contributed by atoms with van der Waals surface area (Å²) in [5.74, 6) is 6.15. The average molecular weight is 388 g/mol. The Bertz CT molecular complexity index is 958. The van der Waals surface area contributed by atoms with Crippen LogP contribution in [0.4, 0.5) is 0 Å². The molecule has 2 aromatic carbocycles. The molecule has 2 aromatic rings. The number of carbonyl (C=O) groups excluding carboxylic acids is 1. The molecule has 1 aliphatic rings. The number of hydrogen-bond donors (Lipinski definition) is 1. The van der Waals surface area contributed by atoms with Gasteiger partial charge in [-0.05, 0) is 68.0 Å². The van der Waals surface area contributed by atoms with Gasteiger partial charge in [-0.25, -0.2) is 0 Å². The van der Waals surface area contributed by atoms with Gasteiger partial charge in [0.1, 0.15) is 0 Å². The first-order chi connectivity index (χ1) is 13.9. The van der Waals surface area contributed by atoms with Crippen LogP contribution in [0.1, 0.15) is 61.1 Å². The molecule has 1 atom stereocenters. The van der Waals surface area contributed by atoms with Gasteiger partial charge in [0.25, 0.3) is 0 Å². The van der Waals surface area contributed by atoms with Gasteiger partial charge in [-0.2, -0.15) is 0 Å². The second kappa shape index (κ2) is 9.11. The summed E-state index contributed by atoms with van der Waals surface area (Å²) < 4.78 is 4.89. The molecule has 0 aliphatic heterocycles. The number of aryl methyl sites for hydroxylation is 1. The first kappa shape index (κ1) is 20.9. The molecule has 0 aromatic heterocycles. The highest BCUT2D eigenvalue weighted by molar-refractivity contribution is 5.82. The van der Waals surface area contributed by atoms with Gasteiger partial charge in [0.15, 0.2) is 0 Å². The number of carbonyl (C=O) groups is 1. The van der Waals surface area contributed by atoms with E-state index >= 15 is 0 Å². The Hall–Kier alpha value is -2.83. The molecule has 1 aliphatic carbocycles. The highest BCUT2D eigenvalue weighted by Gasteiger charge is 2.30. The second-order valence-electron chi connectivity index (χ2n) is 7.96. The fraction of sp³-hybridized carbons (Fsp3) is 0.346. The van der Waals surface area contributed by atoms with Crippen LogP contribution in [0, 0.1) is 11.8 Å². The van der Waals surface area contributed by atoms with E-state index in [1.807, 2.05) is 38.1 Å². The van der Waals surface area contributed by atoms with Gasteiger partial charge < -0.3 is 4.74 Å². The fourth-order valence-electron chi connectivity index (χ4n) is 3.68. The summed E-state index contributed by atoms with van der Waals surface area (Å²) in [5, 5.41) is 3.51. The molecule has 0 saturated carbocycles. The number of allylic oxidation sites excluding steroid dienone is 1. The van der Waals surface area contributed by atoms with Crippen LogP contribution in [0.3, 0.4) is 0 Å². The maximum Gasteiger partial charge on any atom is 0.315 e. The number of methoxy groups -OCH3 is 1. The smallest absolute Gasteiger partial charge is 0.315 e. The molecule has 1 N–H and O–H groups in total. The molecular weight excluding hydrogens is 358 g/mol. The third-order valence-corrected chi connectivity index (χ3v) is 5.59. The summed E-state index contributed by atoms with van der Waals surface area (Å²) in [6, 6.07) is 14.6. The Morgan fingerprint density at radius 3 is 2.69 bits per heavy atom. The molecule has 0 heterocycles. The summed E-state index contributed by atoms with van der Waals surface area (Å²) in [6.45, 7) is 6.53. The van der Waals surface area contributed by atoms with Crippen LogP contribution in [-0.4, -0.2) is 19.6 Å².